The van der Waals surface area contributed by atoms with Crippen molar-refractivity contribution in [2.24, 2.45) is 0 Å². The number of para-hydroxylation sites is 1. The van der Waals surface area contributed by atoms with E-state index in [1.807, 2.05) is 30.3 Å². The highest BCUT2D eigenvalue weighted by Gasteiger charge is 2.19. The summed E-state index contributed by atoms with van der Waals surface area (Å²) < 4.78 is 7.34. The fraction of sp³-hybridized carbons (Fsp3) is 0.286. The Hall–Kier alpha value is -2.86. The molecule has 1 fully saturated rings. The quantitative estimate of drug-likeness (QED) is 0.675. The molecule has 7 heteroatoms. The monoisotopic (exact) mass is 396 g/mol. The molecule has 1 aliphatic rings. The highest BCUT2D eigenvalue weighted by Crippen LogP contribution is 2.26. The van der Waals surface area contributed by atoms with E-state index in [0.29, 0.717) is 23.8 Å². The van der Waals surface area contributed by atoms with Gasteiger partial charge in [-0.05, 0) is 43.9 Å². The Labute approximate surface area is 168 Å². The minimum Gasteiger partial charge on any atom is -0.474 e. The van der Waals surface area contributed by atoms with Gasteiger partial charge in [0.1, 0.15) is 11.1 Å². The van der Waals surface area contributed by atoms with Crippen LogP contribution in [0.25, 0.3) is 5.69 Å². The lowest BCUT2D eigenvalue weighted by molar-refractivity contribution is 0.199. The van der Waals surface area contributed by atoms with Gasteiger partial charge in [-0.2, -0.15) is 9.78 Å². The molecule has 1 aromatic carbocycles. The Kier molecular flexibility index (Phi) is 5.58. The van der Waals surface area contributed by atoms with Gasteiger partial charge in [0.2, 0.25) is 5.88 Å². The standard InChI is InChI=1S/C21H21ClN4O2/c22-19-18(14-25-26(21(19)27)16-8-2-1-3-9-16)24-13-15-7-6-12-23-20(15)28-17-10-4-5-11-17/h1-3,6-9,12,14,17,24H,4-5,10-11,13H2. The van der Waals surface area contributed by atoms with Crippen LogP contribution in [0.4, 0.5) is 5.69 Å². The summed E-state index contributed by atoms with van der Waals surface area (Å²) in [5, 5.41) is 7.52. The van der Waals surface area contributed by atoms with Crippen LogP contribution < -0.4 is 15.6 Å². The Morgan fingerprint density at radius 3 is 2.71 bits per heavy atom. The van der Waals surface area contributed by atoms with Crippen molar-refractivity contribution in [3.05, 3.63) is 75.8 Å². The molecule has 0 radical (unpaired) electrons. The SMILES string of the molecule is O=c1c(Cl)c(NCc2cccnc2OC2CCCC2)cnn1-c1ccccc1. The number of aromatic nitrogens is 3. The molecule has 0 bridgehead atoms. The number of benzene rings is 1. The molecule has 1 saturated carbocycles. The van der Waals surface area contributed by atoms with Crippen molar-refractivity contribution in [2.45, 2.75) is 38.3 Å². The summed E-state index contributed by atoms with van der Waals surface area (Å²) in [7, 11) is 0. The maximum Gasteiger partial charge on any atom is 0.292 e. The molecule has 0 saturated heterocycles. The van der Waals surface area contributed by atoms with Crippen molar-refractivity contribution in [2.75, 3.05) is 5.32 Å². The predicted octanol–water partition coefficient (Wildman–Crippen LogP) is 4.21. The van der Waals surface area contributed by atoms with Crippen LogP contribution >= 0.6 is 11.6 Å². The van der Waals surface area contributed by atoms with Gasteiger partial charge < -0.3 is 10.1 Å². The van der Waals surface area contributed by atoms with Gasteiger partial charge >= 0.3 is 0 Å². The maximum absolute atomic E-state index is 12.6. The molecule has 3 aromatic rings. The van der Waals surface area contributed by atoms with E-state index in [1.54, 1.807) is 24.5 Å². The number of hydrogen-bond acceptors (Lipinski definition) is 5. The summed E-state index contributed by atoms with van der Waals surface area (Å²) in [6.07, 6.45) is 8.05. The number of ether oxygens (including phenoxy) is 1. The lowest BCUT2D eigenvalue weighted by Crippen LogP contribution is -2.22. The van der Waals surface area contributed by atoms with Crippen molar-refractivity contribution < 1.29 is 4.74 Å². The van der Waals surface area contributed by atoms with Crippen LogP contribution in [0.1, 0.15) is 31.2 Å². The molecule has 0 unspecified atom stereocenters. The Bertz CT molecular complexity index is 1000. The third kappa shape index (κ3) is 4.02. The highest BCUT2D eigenvalue weighted by molar-refractivity contribution is 6.32. The van der Waals surface area contributed by atoms with Crippen LogP contribution in [0.15, 0.2) is 59.7 Å². The van der Waals surface area contributed by atoms with Gasteiger partial charge in [0.15, 0.2) is 0 Å². The fourth-order valence-corrected chi connectivity index (χ4v) is 3.52. The van der Waals surface area contributed by atoms with E-state index in [2.05, 4.69) is 15.4 Å². The van der Waals surface area contributed by atoms with Crippen molar-refractivity contribution >= 4 is 17.3 Å². The third-order valence-electron chi connectivity index (χ3n) is 4.82. The van der Waals surface area contributed by atoms with Gasteiger partial charge in [0.05, 0.1) is 17.6 Å². The molecule has 144 valence electrons. The van der Waals surface area contributed by atoms with E-state index >= 15 is 0 Å². The zero-order valence-corrected chi connectivity index (χ0v) is 16.1. The average molecular weight is 397 g/mol. The molecular weight excluding hydrogens is 376 g/mol. The lowest BCUT2D eigenvalue weighted by atomic mass is 10.2. The van der Waals surface area contributed by atoms with Crippen molar-refractivity contribution in [1.82, 2.24) is 14.8 Å². The van der Waals surface area contributed by atoms with Crippen LogP contribution in [0.2, 0.25) is 5.02 Å². The summed E-state index contributed by atoms with van der Waals surface area (Å²) in [5.41, 5.74) is 1.69. The number of pyridine rings is 1. The Morgan fingerprint density at radius 2 is 1.93 bits per heavy atom. The molecule has 1 aliphatic carbocycles. The molecule has 0 amide bonds. The number of nitrogens with zero attached hydrogens (tertiary/aromatic N) is 3. The summed E-state index contributed by atoms with van der Waals surface area (Å²) in [4.78, 5) is 17.0. The number of hydrogen-bond donors (Lipinski definition) is 1. The minimum atomic E-state index is -0.369. The molecule has 28 heavy (non-hydrogen) atoms. The third-order valence-corrected chi connectivity index (χ3v) is 5.18. The predicted molar refractivity (Wildman–Crippen MR) is 109 cm³/mol. The van der Waals surface area contributed by atoms with Gasteiger partial charge in [0, 0.05) is 18.3 Å². The first-order chi connectivity index (χ1) is 13.7. The second-order valence-electron chi connectivity index (χ2n) is 6.77. The van der Waals surface area contributed by atoms with Gasteiger partial charge in [-0.25, -0.2) is 4.98 Å². The summed E-state index contributed by atoms with van der Waals surface area (Å²) in [5.74, 6) is 0.628. The summed E-state index contributed by atoms with van der Waals surface area (Å²) in [6.45, 7) is 0.437. The average Bonchev–Trinajstić information content (AvgIpc) is 3.24. The second kappa shape index (κ2) is 8.44. The summed E-state index contributed by atoms with van der Waals surface area (Å²) in [6, 6.07) is 13.0. The van der Waals surface area contributed by atoms with Crippen LogP contribution in [-0.4, -0.2) is 20.9 Å². The van der Waals surface area contributed by atoms with E-state index in [1.165, 1.54) is 17.5 Å². The minimum absolute atomic E-state index is 0.0982. The molecule has 0 atom stereocenters. The Morgan fingerprint density at radius 1 is 1.14 bits per heavy atom. The summed E-state index contributed by atoms with van der Waals surface area (Å²) >= 11 is 6.31. The molecule has 0 aliphatic heterocycles. The first kappa shape index (κ1) is 18.5. The lowest BCUT2D eigenvalue weighted by Gasteiger charge is -2.16. The van der Waals surface area contributed by atoms with Crippen LogP contribution in [-0.2, 0) is 6.54 Å². The van der Waals surface area contributed by atoms with Gasteiger partial charge in [-0.15, -0.1) is 0 Å². The normalized spacial score (nSPS) is 14.2. The first-order valence-electron chi connectivity index (χ1n) is 9.40. The van der Waals surface area contributed by atoms with Crippen molar-refractivity contribution in [3.8, 4) is 11.6 Å². The van der Waals surface area contributed by atoms with Gasteiger partial charge in [-0.1, -0.05) is 35.9 Å². The van der Waals surface area contributed by atoms with Crippen molar-refractivity contribution in [3.63, 3.8) is 0 Å². The van der Waals surface area contributed by atoms with E-state index in [-0.39, 0.29) is 16.7 Å². The van der Waals surface area contributed by atoms with E-state index in [0.717, 1.165) is 18.4 Å². The highest BCUT2D eigenvalue weighted by atomic mass is 35.5. The van der Waals surface area contributed by atoms with Crippen LogP contribution in [0.5, 0.6) is 5.88 Å². The second-order valence-corrected chi connectivity index (χ2v) is 7.15. The zero-order valence-electron chi connectivity index (χ0n) is 15.3. The molecule has 0 spiro atoms. The molecule has 6 nitrogen and oxygen atoms in total. The molecule has 2 heterocycles. The van der Waals surface area contributed by atoms with Gasteiger partial charge in [0.25, 0.3) is 5.56 Å². The van der Waals surface area contributed by atoms with Crippen LogP contribution in [0, 0.1) is 0 Å². The van der Waals surface area contributed by atoms with Gasteiger partial charge in [-0.3, -0.25) is 4.79 Å². The first-order valence-corrected chi connectivity index (χ1v) is 9.78. The largest absolute Gasteiger partial charge is 0.474 e. The number of anilines is 1. The van der Waals surface area contributed by atoms with E-state index < -0.39 is 0 Å². The fourth-order valence-electron chi connectivity index (χ4n) is 3.33. The van der Waals surface area contributed by atoms with E-state index in [9.17, 15) is 4.79 Å². The molecule has 2 aromatic heterocycles. The Balaban J connectivity index is 1.51. The smallest absolute Gasteiger partial charge is 0.292 e. The maximum atomic E-state index is 12.6. The number of halogens is 1. The zero-order chi connectivity index (χ0) is 19.3. The van der Waals surface area contributed by atoms with Crippen LogP contribution in [0.3, 0.4) is 0 Å². The van der Waals surface area contributed by atoms with E-state index in [4.69, 9.17) is 16.3 Å². The van der Waals surface area contributed by atoms with Crippen molar-refractivity contribution in [1.29, 1.82) is 0 Å². The number of nitrogens with one attached hydrogen (secondary N) is 1. The molecular formula is C21H21ClN4O2. The number of rotatable bonds is 6. The molecule has 1 N–H and O–H groups in total. The topological polar surface area (TPSA) is 69.0 Å². The molecule has 4 rings (SSSR count).